The summed E-state index contributed by atoms with van der Waals surface area (Å²) in [5.74, 6) is 0. The van der Waals surface area contributed by atoms with Gasteiger partial charge in [-0.1, -0.05) is 30.3 Å². The van der Waals surface area contributed by atoms with Crippen molar-refractivity contribution < 1.29 is 0 Å². The molecule has 1 aromatic heterocycles. The molecule has 4 rings (SSSR count). The molecule has 0 radical (unpaired) electrons. The van der Waals surface area contributed by atoms with E-state index in [-0.39, 0.29) is 0 Å². The Hall–Kier alpha value is -1.80. The zero-order chi connectivity index (χ0) is 11.2. The smallest absolute Gasteiger partial charge is 0.0503 e. The van der Waals surface area contributed by atoms with Crippen molar-refractivity contribution in [2.45, 2.75) is 0 Å². The molecule has 2 aliphatic rings. The van der Waals surface area contributed by atoms with Crippen LogP contribution in [0.4, 0.5) is 0 Å². The van der Waals surface area contributed by atoms with Crippen molar-refractivity contribution in [3.8, 4) is 0 Å². The fraction of sp³-hybridized carbons (Fsp3) is 0.0667. The van der Waals surface area contributed by atoms with E-state index in [1.807, 2.05) is 11.3 Å². The van der Waals surface area contributed by atoms with Crippen LogP contribution in [0.1, 0.15) is 0 Å². The Bertz CT molecular complexity index is 826. The highest BCUT2D eigenvalue weighted by Gasteiger charge is 2.12. The second-order valence-electron chi connectivity index (χ2n) is 4.34. The summed E-state index contributed by atoms with van der Waals surface area (Å²) in [7, 11) is 0. The van der Waals surface area contributed by atoms with E-state index in [1.54, 1.807) is 0 Å². The van der Waals surface area contributed by atoms with Crippen LogP contribution < -0.4 is 20.2 Å². The molecule has 3 heterocycles. The summed E-state index contributed by atoms with van der Waals surface area (Å²) >= 11 is 1.81. The second kappa shape index (κ2) is 3.34. The monoisotopic (exact) mass is 237 g/mol. The van der Waals surface area contributed by atoms with Gasteiger partial charge in [0.2, 0.25) is 0 Å². The van der Waals surface area contributed by atoms with Crippen LogP contribution in [-0.4, -0.2) is 11.4 Å². The second-order valence-corrected chi connectivity index (χ2v) is 5.29. The van der Waals surface area contributed by atoms with Crippen LogP contribution in [0.2, 0.25) is 0 Å². The Labute approximate surface area is 103 Å². The summed E-state index contributed by atoms with van der Waals surface area (Å²) in [6.45, 7) is 0.970. The third-order valence-electron chi connectivity index (χ3n) is 3.34. The van der Waals surface area contributed by atoms with Crippen LogP contribution in [0.15, 0.2) is 35.7 Å². The molecular formula is C15H11NS. The average Bonchev–Trinajstić information content (AvgIpc) is 2.83. The van der Waals surface area contributed by atoms with Gasteiger partial charge >= 0.3 is 0 Å². The predicted octanol–water partition coefficient (Wildman–Crippen LogP) is 0.185. The van der Waals surface area contributed by atoms with E-state index >= 15 is 0 Å². The number of hydrogen-bond acceptors (Lipinski definition) is 2. The molecule has 2 aromatic rings. The standard InChI is InChI=1S/C15H11NS/c1-2-4-13-11(3-1)5-7-16-10-12-6-8-17-15(12)9-14(13)16/h1-6,8-10H,7H2. The van der Waals surface area contributed by atoms with Crippen molar-refractivity contribution in [1.29, 1.82) is 0 Å². The van der Waals surface area contributed by atoms with E-state index in [1.165, 1.54) is 25.9 Å². The van der Waals surface area contributed by atoms with Crippen molar-refractivity contribution in [2.75, 3.05) is 6.54 Å². The fourth-order valence-corrected chi connectivity index (χ4v) is 3.29. The van der Waals surface area contributed by atoms with Gasteiger partial charge in [-0.3, -0.25) is 0 Å². The van der Waals surface area contributed by atoms with Gasteiger partial charge in [0.15, 0.2) is 0 Å². The van der Waals surface area contributed by atoms with Crippen LogP contribution in [0.5, 0.6) is 0 Å². The molecule has 1 nitrogen and oxygen atoms in total. The summed E-state index contributed by atoms with van der Waals surface area (Å²) in [5, 5.41) is 6.19. The van der Waals surface area contributed by atoms with Gasteiger partial charge in [0.05, 0.1) is 5.70 Å². The van der Waals surface area contributed by atoms with Crippen LogP contribution in [0, 0.1) is 0 Å². The highest BCUT2D eigenvalue weighted by atomic mass is 32.1. The molecule has 0 amide bonds. The van der Waals surface area contributed by atoms with Gasteiger partial charge in [-0.05, 0) is 22.7 Å². The zero-order valence-corrected chi connectivity index (χ0v) is 10.1. The minimum atomic E-state index is 0.970. The first-order valence-corrected chi connectivity index (χ1v) is 6.63. The molecular weight excluding hydrogens is 226 g/mol. The Morgan fingerprint density at radius 1 is 1.06 bits per heavy atom. The third-order valence-corrected chi connectivity index (χ3v) is 4.22. The van der Waals surface area contributed by atoms with Crippen molar-refractivity contribution in [3.05, 3.63) is 55.9 Å². The molecule has 0 saturated carbocycles. The molecule has 1 aromatic carbocycles. The maximum atomic E-state index is 2.33. The van der Waals surface area contributed by atoms with E-state index in [0.717, 1.165) is 6.54 Å². The molecule has 2 heteroatoms. The Balaban J connectivity index is 2.19. The Kier molecular flexibility index (Phi) is 1.82. The highest BCUT2D eigenvalue weighted by Crippen LogP contribution is 2.11. The minimum absolute atomic E-state index is 0.970. The number of fused-ring (bicyclic) bond motifs is 3. The first kappa shape index (κ1) is 9.25. The molecule has 0 spiro atoms. The van der Waals surface area contributed by atoms with Crippen molar-refractivity contribution in [2.24, 2.45) is 0 Å². The molecule has 17 heavy (non-hydrogen) atoms. The van der Waals surface area contributed by atoms with Gasteiger partial charge in [0, 0.05) is 27.7 Å². The van der Waals surface area contributed by atoms with Gasteiger partial charge in [0.1, 0.15) is 0 Å². The van der Waals surface area contributed by atoms with Gasteiger partial charge in [-0.15, -0.1) is 11.3 Å². The molecule has 0 unspecified atom stereocenters. The summed E-state index contributed by atoms with van der Waals surface area (Å²) in [6.07, 6.45) is 6.86. The van der Waals surface area contributed by atoms with Crippen molar-refractivity contribution in [3.63, 3.8) is 0 Å². The van der Waals surface area contributed by atoms with Gasteiger partial charge in [-0.25, -0.2) is 0 Å². The van der Waals surface area contributed by atoms with Crippen LogP contribution in [0.25, 0.3) is 24.0 Å². The zero-order valence-electron chi connectivity index (χ0n) is 9.26. The van der Waals surface area contributed by atoms with E-state index in [2.05, 4.69) is 59.0 Å². The lowest BCUT2D eigenvalue weighted by Gasteiger charge is -2.25. The first-order valence-electron chi connectivity index (χ1n) is 5.75. The molecule has 0 fully saturated rings. The Morgan fingerprint density at radius 3 is 3.00 bits per heavy atom. The van der Waals surface area contributed by atoms with Crippen LogP contribution in [-0.2, 0) is 0 Å². The predicted molar refractivity (Wildman–Crippen MR) is 72.8 cm³/mol. The summed E-state index contributed by atoms with van der Waals surface area (Å²) in [6, 6.07) is 10.8. The van der Waals surface area contributed by atoms with Gasteiger partial charge in [0.25, 0.3) is 0 Å². The maximum Gasteiger partial charge on any atom is 0.0503 e. The molecule has 0 aliphatic carbocycles. The molecule has 0 atom stereocenters. The normalized spacial score (nSPS) is 16.0. The third kappa shape index (κ3) is 1.31. The maximum absolute atomic E-state index is 2.33. The van der Waals surface area contributed by atoms with Gasteiger partial charge in [-0.2, -0.15) is 0 Å². The largest absolute Gasteiger partial charge is 0.343 e. The summed E-state index contributed by atoms with van der Waals surface area (Å²) in [4.78, 5) is 2.33. The van der Waals surface area contributed by atoms with Crippen LogP contribution in [0.3, 0.4) is 0 Å². The lowest BCUT2D eigenvalue weighted by atomic mass is 10.1. The lowest BCUT2D eigenvalue weighted by Crippen LogP contribution is -2.41. The lowest BCUT2D eigenvalue weighted by molar-refractivity contribution is 0.653. The highest BCUT2D eigenvalue weighted by molar-refractivity contribution is 7.07. The first-order chi connectivity index (χ1) is 8.42. The van der Waals surface area contributed by atoms with Gasteiger partial charge < -0.3 is 4.90 Å². The number of hydrogen-bond donors (Lipinski definition) is 0. The molecule has 0 saturated heterocycles. The molecule has 82 valence electrons. The van der Waals surface area contributed by atoms with Crippen molar-refractivity contribution >= 4 is 35.4 Å². The molecule has 0 bridgehead atoms. The number of nitrogens with zero attached hydrogens (tertiary/aromatic N) is 1. The van der Waals surface area contributed by atoms with E-state index in [9.17, 15) is 0 Å². The summed E-state index contributed by atoms with van der Waals surface area (Å²) < 4.78 is 1.37. The quantitative estimate of drug-likeness (QED) is 0.632. The van der Waals surface area contributed by atoms with E-state index in [4.69, 9.17) is 0 Å². The number of rotatable bonds is 0. The fourth-order valence-electron chi connectivity index (χ4n) is 2.49. The molecule has 2 aliphatic heterocycles. The molecule has 0 N–H and O–H groups in total. The minimum Gasteiger partial charge on any atom is -0.343 e. The number of thiophene rings is 1. The number of benzene rings is 1. The van der Waals surface area contributed by atoms with E-state index < -0.39 is 0 Å². The van der Waals surface area contributed by atoms with Crippen molar-refractivity contribution in [1.82, 2.24) is 4.90 Å². The topological polar surface area (TPSA) is 3.24 Å². The SMILES string of the molecule is C1=c2ccccc2=C2C=c3sccc3=CN2C1. The Morgan fingerprint density at radius 2 is 2.00 bits per heavy atom. The van der Waals surface area contributed by atoms with Crippen LogP contribution >= 0.6 is 11.3 Å². The van der Waals surface area contributed by atoms with E-state index in [0.29, 0.717) is 0 Å². The summed E-state index contributed by atoms with van der Waals surface area (Å²) in [5.41, 5.74) is 1.33. The average molecular weight is 237 g/mol.